The first-order chi connectivity index (χ1) is 9.71. The Bertz CT molecular complexity index is 457. The number of carbonyl (C=O) groups excluding carboxylic acids is 3. The lowest BCUT2D eigenvalue weighted by atomic mass is 10.1. The average molecular weight is 298 g/mol. The van der Waals surface area contributed by atoms with Crippen molar-refractivity contribution in [3.8, 4) is 0 Å². The van der Waals surface area contributed by atoms with Gasteiger partial charge in [-0.1, -0.05) is 0 Å². The molecule has 2 rings (SSSR count). The third kappa shape index (κ3) is 3.53. The standard InChI is InChI=1S/C14H22N2O5/c1-14(2,3)21-13(19)16-6-9-5-10(17)7-15(9)8-11(16)12(18)20-4/h9,11H,5-8H2,1-4H3. The van der Waals surface area contributed by atoms with E-state index in [9.17, 15) is 14.4 Å². The number of ketones is 1. The van der Waals surface area contributed by atoms with E-state index < -0.39 is 23.7 Å². The van der Waals surface area contributed by atoms with E-state index in [0.29, 0.717) is 26.1 Å². The Kier molecular flexibility index (Phi) is 4.22. The molecule has 0 radical (unpaired) electrons. The molecular weight excluding hydrogens is 276 g/mol. The van der Waals surface area contributed by atoms with E-state index in [2.05, 4.69) is 0 Å². The summed E-state index contributed by atoms with van der Waals surface area (Å²) in [4.78, 5) is 39.1. The molecule has 0 aliphatic carbocycles. The summed E-state index contributed by atoms with van der Waals surface area (Å²) < 4.78 is 10.1. The van der Waals surface area contributed by atoms with E-state index >= 15 is 0 Å². The van der Waals surface area contributed by atoms with Gasteiger partial charge < -0.3 is 9.47 Å². The van der Waals surface area contributed by atoms with Crippen LogP contribution >= 0.6 is 0 Å². The zero-order valence-electron chi connectivity index (χ0n) is 12.9. The van der Waals surface area contributed by atoms with Crippen LogP contribution in [0.25, 0.3) is 0 Å². The summed E-state index contributed by atoms with van der Waals surface area (Å²) in [7, 11) is 1.29. The smallest absolute Gasteiger partial charge is 0.411 e. The van der Waals surface area contributed by atoms with E-state index in [-0.39, 0.29) is 11.8 Å². The second-order valence-electron chi connectivity index (χ2n) is 6.50. The normalized spacial score (nSPS) is 26.5. The van der Waals surface area contributed by atoms with E-state index in [4.69, 9.17) is 9.47 Å². The molecule has 2 unspecified atom stereocenters. The summed E-state index contributed by atoms with van der Waals surface area (Å²) in [5.74, 6) is -0.353. The van der Waals surface area contributed by atoms with Crippen LogP contribution in [0.3, 0.4) is 0 Å². The fraction of sp³-hybridized carbons (Fsp3) is 0.786. The van der Waals surface area contributed by atoms with E-state index in [1.807, 2.05) is 4.90 Å². The van der Waals surface area contributed by atoms with Crippen molar-refractivity contribution in [3.63, 3.8) is 0 Å². The van der Waals surface area contributed by atoms with E-state index in [1.54, 1.807) is 20.8 Å². The first-order valence-electron chi connectivity index (χ1n) is 7.04. The van der Waals surface area contributed by atoms with Gasteiger partial charge in [-0.2, -0.15) is 0 Å². The third-order valence-corrected chi connectivity index (χ3v) is 3.65. The van der Waals surface area contributed by atoms with Crippen molar-refractivity contribution in [2.45, 2.75) is 44.9 Å². The van der Waals surface area contributed by atoms with Crippen molar-refractivity contribution in [3.05, 3.63) is 0 Å². The summed E-state index contributed by atoms with van der Waals surface area (Å²) in [6.07, 6.45) is -0.135. The Morgan fingerprint density at radius 3 is 2.48 bits per heavy atom. The lowest BCUT2D eigenvalue weighted by Crippen LogP contribution is -2.61. The zero-order valence-corrected chi connectivity index (χ0v) is 12.9. The molecule has 2 aliphatic heterocycles. The predicted molar refractivity (Wildman–Crippen MR) is 73.7 cm³/mol. The minimum atomic E-state index is -0.730. The van der Waals surface area contributed by atoms with Gasteiger partial charge in [0.25, 0.3) is 0 Å². The Balaban J connectivity index is 2.17. The molecule has 7 heteroatoms. The largest absolute Gasteiger partial charge is 0.467 e. The Morgan fingerprint density at radius 1 is 1.24 bits per heavy atom. The quantitative estimate of drug-likeness (QED) is 0.653. The molecule has 0 aromatic heterocycles. The lowest BCUT2D eigenvalue weighted by Gasteiger charge is -2.41. The molecule has 2 fully saturated rings. The van der Waals surface area contributed by atoms with Gasteiger partial charge in [0.2, 0.25) is 0 Å². The molecule has 7 nitrogen and oxygen atoms in total. The topological polar surface area (TPSA) is 76.2 Å². The first kappa shape index (κ1) is 15.8. The molecule has 0 saturated carbocycles. The Hall–Kier alpha value is -1.63. The third-order valence-electron chi connectivity index (χ3n) is 3.65. The van der Waals surface area contributed by atoms with Crippen LogP contribution in [0, 0.1) is 0 Å². The van der Waals surface area contributed by atoms with Crippen LogP contribution in [0.4, 0.5) is 4.79 Å². The molecule has 118 valence electrons. The van der Waals surface area contributed by atoms with Crippen molar-refractivity contribution in [2.24, 2.45) is 0 Å². The van der Waals surface area contributed by atoms with E-state index in [1.165, 1.54) is 12.0 Å². The number of Topliss-reactive ketones (excluding diaryl/α,β-unsaturated/α-hetero) is 1. The molecule has 0 bridgehead atoms. The number of carbonyl (C=O) groups is 3. The number of methoxy groups -OCH3 is 1. The molecule has 2 heterocycles. The number of fused-ring (bicyclic) bond motifs is 1. The van der Waals surface area contributed by atoms with Crippen molar-refractivity contribution < 1.29 is 23.9 Å². The maximum atomic E-state index is 12.3. The molecule has 0 aromatic carbocycles. The number of nitrogens with zero attached hydrogens (tertiary/aromatic N) is 2. The summed E-state index contributed by atoms with van der Waals surface area (Å²) in [5.41, 5.74) is -0.639. The van der Waals surface area contributed by atoms with Crippen LogP contribution in [-0.2, 0) is 19.1 Å². The number of esters is 1. The van der Waals surface area contributed by atoms with Crippen LogP contribution < -0.4 is 0 Å². The SMILES string of the molecule is COC(=O)C1CN2CC(=O)CC2CN1C(=O)OC(C)(C)C. The highest BCUT2D eigenvalue weighted by atomic mass is 16.6. The molecule has 0 spiro atoms. The molecule has 21 heavy (non-hydrogen) atoms. The van der Waals surface area contributed by atoms with Gasteiger partial charge in [0.15, 0.2) is 0 Å². The maximum Gasteiger partial charge on any atom is 0.411 e. The van der Waals surface area contributed by atoms with Gasteiger partial charge >= 0.3 is 12.1 Å². The summed E-state index contributed by atoms with van der Waals surface area (Å²) in [6, 6.07) is -0.766. The molecule has 1 amide bonds. The second kappa shape index (κ2) is 5.63. The van der Waals surface area contributed by atoms with Crippen molar-refractivity contribution >= 4 is 17.8 Å². The summed E-state index contributed by atoms with van der Waals surface area (Å²) in [6.45, 7) is 6.26. The second-order valence-corrected chi connectivity index (χ2v) is 6.50. The fourth-order valence-electron chi connectivity index (χ4n) is 2.74. The van der Waals surface area contributed by atoms with Crippen molar-refractivity contribution in [2.75, 3.05) is 26.7 Å². The number of rotatable bonds is 1. The van der Waals surface area contributed by atoms with Crippen LogP contribution in [0.5, 0.6) is 0 Å². The van der Waals surface area contributed by atoms with Crippen molar-refractivity contribution in [1.29, 1.82) is 0 Å². The highest BCUT2D eigenvalue weighted by Crippen LogP contribution is 2.25. The number of ether oxygens (including phenoxy) is 2. The molecule has 2 atom stereocenters. The minimum absolute atomic E-state index is 0.0362. The fourth-order valence-corrected chi connectivity index (χ4v) is 2.74. The molecule has 0 N–H and O–H groups in total. The molecule has 0 aromatic rings. The summed E-state index contributed by atoms with van der Waals surface area (Å²) in [5, 5.41) is 0. The number of amides is 1. The van der Waals surface area contributed by atoms with Gasteiger partial charge in [-0.3, -0.25) is 14.6 Å². The van der Waals surface area contributed by atoms with Gasteiger partial charge in [0.05, 0.1) is 13.7 Å². The van der Waals surface area contributed by atoms with Crippen LogP contribution in [0.15, 0.2) is 0 Å². The average Bonchev–Trinajstić information content (AvgIpc) is 2.73. The lowest BCUT2D eigenvalue weighted by molar-refractivity contribution is -0.150. The van der Waals surface area contributed by atoms with Crippen LogP contribution in [0.1, 0.15) is 27.2 Å². The molecule has 2 saturated heterocycles. The number of hydrogen-bond donors (Lipinski definition) is 0. The van der Waals surface area contributed by atoms with Crippen LogP contribution in [0.2, 0.25) is 0 Å². The monoisotopic (exact) mass is 298 g/mol. The van der Waals surface area contributed by atoms with Crippen molar-refractivity contribution in [1.82, 2.24) is 9.80 Å². The van der Waals surface area contributed by atoms with Gasteiger partial charge in [-0.05, 0) is 20.8 Å². The maximum absolute atomic E-state index is 12.3. The van der Waals surface area contributed by atoms with Gasteiger partial charge in [-0.25, -0.2) is 9.59 Å². The summed E-state index contributed by atoms with van der Waals surface area (Å²) >= 11 is 0. The Labute approximate surface area is 124 Å². The molecule has 2 aliphatic rings. The first-order valence-corrected chi connectivity index (χ1v) is 7.04. The molecular formula is C14H22N2O5. The highest BCUT2D eigenvalue weighted by molar-refractivity contribution is 5.85. The van der Waals surface area contributed by atoms with E-state index in [0.717, 1.165) is 0 Å². The van der Waals surface area contributed by atoms with Crippen LogP contribution in [-0.4, -0.2) is 72.1 Å². The number of piperazine rings is 1. The van der Waals surface area contributed by atoms with Gasteiger partial charge in [0, 0.05) is 25.6 Å². The highest BCUT2D eigenvalue weighted by Gasteiger charge is 2.45. The predicted octanol–water partition coefficient (Wildman–Crippen LogP) is 0.422. The minimum Gasteiger partial charge on any atom is -0.467 e. The zero-order chi connectivity index (χ0) is 15.8. The van der Waals surface area contributed by atoms with Gasteiger partial charge in [-0.15, -0.1) is 0 Å². The Morgan fingerprint density at radius 2 is 1.90 bits per heavy atom. The number of hydrogen-bond acceptors (Lipinski definition) is 6. The van der Waals surface area contributed by atoms with Gasteiger partial charge in [0.1, 0.15) is 17.4 Å².